The molecule has 0 unspecified atom stereocenters. The minimum atomic E-state index is 0.808. The van der Waals surface area contributed by atoms with Gasteiger partial charge in [-0.15, -0.1) is 0 Å². The van der Waals surface area contributed by atoms with E-state index in [9.17, 15) is 0 Å². The van der Waals surface area contributed by atoms with Crippen molar-refractivity contribution < 1.29 is 0 Å². The van der Waals surface area contributed by atoms with Gasteiger partial charge in [0.05, 0.1) is 11.2 Å². The van der Waals surface area contributed by atoms with E-state index in [1.165, 1.54) is 27.0 Å². The number of hydrogen-bond donors (Lipinski definition) is 0. The largest absolute Gasteiger partial charge is 0.289 e. The van der Waals surface area contributed by atoms with E-state index >= 15 is 0 Å². The number of hydrogen-bond acceptors (Lipinski definition) is 5. The zero-order chi connectivity index (χ0) is 22.9. The molecule has 5 nitrogen and oxygen atoms in total. The van der Waals surface area contributed by atoms with Crippen LogP contribution < -0.4 is 10.4 Å². The summed E-state index contributed by atoms with van der Waals surface area (Å²) in [5, 5.41) is 3.79. The van der Waals surface area contributed by atoms with Crippen LogP contribution in [0.25, 0.3) is 22.6 Å². The van der Waals surface area contributed by atoms with Gasteiger partial charge >= 0.3 is 0 Å². The molecule has 0 N–H and O–H groups in total. The van der Waals surface area contributed by atoms with Crippen LogP contribution in [0.5, 0.6) is 0 Å². The fourth-order valence-corrected chi connectivity index (χ4v) is 5.13. The Kier molecular flexibility index (Phi) is 5.47. The number of aromatic nitrogens is 3. The molecule has 2 aromatic carbocycles. The molecule has 0 radical (unpaired) electrons. The lowest BCUT2D eigenvalue weighted by molar-refractivity contribution is 0.275. The van der Waals surface area contributed by atoms with Crippen molar-refractivity contribution in [3.63, 3.8) is 0 Å². The predicted octanol–water partition coefficient (Wildman–Crippen LogP) is 4.45. The van der Waals surface area contributed by atoms with Crippen molar-refractivity contribution in [3.8, 4) is 0 Å². The van der Waals surface area contributed by atoms with Crippen molar-refractivity contribution in [3.05, 3.63) is 94.4 Å². The van der Waals surface area contributed by atoms with Crippen LogP contribution in [0.15, 0.2) is 72.1 Å². The fourth-order valence-electron chi connectivity index (χ4n) is 5.13. The van der Waals surface area contributed by atoms with Gasteiger partial charge in [0, 0.05) is 42.5 Å². The SMILES string of the molecule is CC1=c2cccc/c2=C/C(=Nc2ncnc3c2CN(Cc2ccnc4ccccc24)C3)CCC1. The van der Waals surface area contributed by atoms with Crippen molar-refractivity contribution in [1.29, 1.82) is 0 Å². The summed E-state index contributed by atoms with van der Waals surface area (Å²) in [5.41, 5.74) is 7.11. The van der Waals surface area contributed by atoms with Gasteiger partial charge in [-0.25, -0.2) is 15.0 Å². The normalized spacial score (nSPS) is 18.2. The number of fused-ring (bicyclic) bond motifs is 3. The lowest BCUT2D eigenvalue weighted by Gasteiger charge is -2.16. The predicted molar refractivity (Wildman–Crippen MR) is 137 cm³/mol. The highest BCUT2D eigenvalue weighted by atomic mass is 15.2. The van der Waals surface area contributed by atoms with Crippen molar-refractivity contribution >= 4 is 34.1 Å². The van der Waals surface area contributed by atoms with E-state index in [2.05, 4.69) is 81.4 Å². The number of para-hydroxylation sites is 1. The van der Waals surface area contributed by atoms with Gasteiger partial charge in [-0.3, -0.25) is 9.88 Å². The van der Waals surface area contributed by atoms with Crippen LogP contribution in [0.3, 0.4) is 0 Å². The molecule has 0 saturated heterocycles. The highest BCUT2D eigenvalue weighted by Gasteiger charge is 2.24. The second-order valence-corrected chi connectivity index (χ2v) is 9.22. The first-order valence-corrected chi connectivity index (χ1v) is 12.0. The Bertz CT molecular complexity index is 1530. The molecule has 4 aromatic rings. The second kappa shape index (κ2) is 8.92. The van der Waals surface area contributed by atoms with Gasteiger partial charge < -0.3 is 0 Å². The van der Waals surface area contributed by atoms with Crippen LogP contribution in [0.4, 0.5) is 5.82 Å². The Morgan fingerprint density at radius 1 is 0.912 bits per heavy atom. The van der Waals surface area contributed by atoms with Gasteiger partial charge in [0.25, 0.3) is 0 Å². The smallest absolute Gasteiger partial charge is 0.160 e. The standard InChI is InChI=1S/C29H27N5/c1-20-7-6-9-23(15-21-8-2-3-10-24(20)21)33-29-26-17-34(18-28(26)31-19-32-29)16-22-13-14-30-27-12-5-4-11-25(22)27/h2-5,8,10-15,19H,6-7,9,16-18H2,1H3/b21-15-,24-20?,33-23?. The molecule has 0 atom stereocenters. The summed E-state index contributed by atoms with van der Waals surface area (Å²) in [6, 6.07) is 19.1. The zero-order valence-electron chi connectivity index (χ0n) is 19.4. The van der Waals surface area contributed by atoms with Gasteiger partial charge in [0.2, 0.25) is 0 Å². The molecule has 0 fully saturated rings. The monoisotopic (exact) mass is 445 g/mol. The van der Waals surface area contributed by atoms with Gasteiger partial charge in [-0.2, -0.15) is 0 Å². The third kappa shape index (κ3) is 4.03. The Labute approximate surface area is 199 Å². The summed E-state index contributed by atoms with van der Waals surface area (Å²) in [7, 11) is 0. The average molecular weight is 446 g/mol. The van der Waals surface area contributed by atoms with E-state index in [4.69, 9.17) is 4.99 Å². The number of nitrogens with zero attached hydrogens (tertiary/aromatic N) is 5. The van der Waals surface area contributed by atoms with E-state index in [0.717, 1.165) is 67.2 Å². The van der Waals surface area contributed by atoms with E-state index in [-0.39, 0.29) is 0 Å². The maximum atomic E-state index is 5.07. The van der Waals surface area contributed by atoms with Crippen LogP contribution in [0.2, 0.25) is 0 Å². The fraction of sp³-hybridized carbons (Fsp3) is 0.241. The van der Waals surface area contributed by atoms with Crippen molar-refractivity contribution in [2.45, 2.75) is 45.8 Å². The molecule has 3 heterocycles. The molecule has 0 bridgehead atoms. The Hall–Kier alpha value is -3.70. The second-order valence-electron chi connectivity index (χ2n) is 9.22. The van der Waals surface area contributed by atoms with Gasteiger partial charge in [-0.1, -0.05) is 48.0 Å². The summed E-state index contributed by atoms with van der Waals surface area (Å²) >= 11 is 0. The molecule has 34 heavy (non-hydrogen) atoms. The zero-order valence-corrected chi connectivity index (χ0v) is 19.4. The van der Waals surface area contributed by atoms with E-state index in [1.54, 1.807) is 6.33 Å². The molecule has 6 rings (SSSR count). The van der Waals surface area contributed by atoms with E-state index in [1.807, 2.05) is 12.3 Å². The quantitative estimate of drug-likeness (QED) is 0.468. The van der Waals surface area contributed by atoms with Crippen molar-refractivity contribution in [2.75, 3.05) is 0 Å². The number of aliphatic imine (C=N–C) groups is 1. The van der Waals surface area contributed by atoms with Crippen molar-refractivity contribution in [1.82, 2.24) is 19.9 Å². The minimum Gasteiger partial charge on any atom is -0.289 e. The van der Waals surface area contributed by atoms with Crippen LogP contribution in [-0.4, -0.2) is 25.6 Å². The number of rotatable bonds is 3. The molecule has 2 aliphatic rings. The van der Waals surface area contributed by atoms with Crippen molar-refractivity contribution in [2.24, 2.45) is 4.99 Å². The highest BCUT2D eigenvalue weighted by molar-refractivity contribution is 6.11. The summed E-state index contributed by atoms with van der Waals surface area (Å²) in [6.07, 6.45) is 8.96. The molecule has 0 spiro atoms. The first kappa shape index (κ1) is 20.9. The van der Waals surface area contributed by atoms with Crippen LogP contribution in [-0.2, 0) is 19.6 Å². The highest BCUT2D eigenvalue weighted by Crippen LogP contribution is 2.30. The van der Waals surface area contributed by atoms with Gasteiger partial charge in [-0.05, 0) is 60.4 Å². The van der Waals surface area contributed by atoms with Gasteiger partial charge in [0.15, 0.2) is 5.82 Å². The Balaban J connectivity index is 1.32. The first-order chi connectivity index (χ1) is 16.7. The van der Waals surface area contributed by atoms with Crippen LogP contribution in [0, 0.1) is 0 Å². The van der Waals surface area contributed by atoms with E-state index in [0.29, 0.717) is 0 Å². The summed E-state index contributed by atoms with van der Waals surface area (Å²) in [5.74, 6) is 0.817. The van der Waals surface area contributed by atoms with E-state index < -0.39 is 0 Å². The maximum Gasteiger partial charge on any atom is 0.160 e. The lowest BCUT2D eigenvalue weighted by atomic mass is 10.00. The maximum absolute atomic E-state index is 5.07. The number of benzene rings is 2. The molecule has 1 aliphatic carbocycles. The Morgan fingerprint density at radius 2 is 1.79 bits per heavy atom. The molecule has 168 valence electrons. The third-order valence-corrected chi connectivity index (χ3v) is 6.88. The Morgan fingerprint density at radius 3 is 2.76 bits per heavy atom. The summed E-state index contributed by atoms with van der Waals surface area (Å²) in [4.78, 5) is 21.2. The topological polar surface area (TPSA) is 54.3 Å². The molecule has 5 heteroatoms. The minimum absolute atomic E-state index is 0.808. The molecular weight excluding hydrogens is 418 g/mol. The van der Waals surface area contributed by atoms with Crippen LogP contribution in [0.1, 0.15) is 43.0 Å². The molecule has 2 aromatic heterocycles. The third-order valence-electron chi connectivity index (χ3n) is 6.88. The molecule has 1 aliphatic heterocycles. The first-order valence-electron chi connectivity index (χ1n) is 12.0. The summed E-state index contributed by atoms with van der Waals surface area (Å²) in [6.45, 7) is 4.71. The lowest BCUT2D eigenvalue weighted by Crippen LogP contribution is -2.28. The number of pyridine rings is 1. The van der Waals surface area contributed by atoms with Gasteiger partial charge in [0.1, 0.15) is 6.33 Å². The van der Waals surface area contributed by atoms with Crippen LogP contribution >= 0.6 is 0 Å². The molecule has 0 saturated carbocycles. The summed E-state index contributed by atoms with van der Waals surface area (Å²) < 4.78 is 0. The average Bonchev–Trinajstić information content (AvgIpc) is 3.27. The molecular formula is C29H27N5. The molecule has 0 amide bonds.